The highest BCUT2D eigenvalue weighted by Gasteiger charge is 2.24. The second-order valence-electron chi connectivity index (χ2n) is 4.99. The number of phenols is 1. The van der Waals surface area contributed by atoms with Crippen molar-refractivity contribution < 1.29 is 9.50 Å². The van der Waals surface area contributed by atoms with E-state index in [-0.39, 0.29) is 30.0 Å². The maximum atomic E-state index is 13.6. The van der Waals surface area contributed by atoms with Gasteiger partial charge in [0.1, 0.15) is 11.6 Å². The summed E-state index contributed by atoms with van der Waals surface area (Å²) in [6.07, 6.45) is 2.53. The van der Waals surface area contributed by atoms with Crippen LogP contribution in [0.1, 0.15) is 23.6 Å². The van der Waals surface area contributed by atoms with Crippen LogP contribution >= 0.6 is 12.4 Å². The molecule has 1 aliphatic heterocycles. The van der Waals surface area contributed by atoms with Gasteiger partial charge in [-0.1, -0.05) is 6.08 Å². The third kappa shape index (κ3) is 3.72. The standard InChI is InChI=1S/C15H21FN2O.ClH/c1-3-4-14(18-7-5-17-6-8-18)13-10-12(16)9-11(2)15(13)19;/h3,9-10,14,17,19H,1,4-8H2,2H3;1H/t14-;/m0./s1. The predicted octanol–water partition coefficient (Wildman–Crippen LogP) is 2.78. The van der Waals surface area contributed by atoms with E-state index in [9.17, 15) is 9.50 Å². The number of aryl methyl sites for hydroxylation is 1. The minimum Gasteiger partial charge on any atom is -0.507 e. The van der Waals surface area contributed by atoms with Crippen LogP contribution in [0.15, 0.2) is 24.8 Å². The molecule has 2 rings (SSSR count). The highest BCUT2D eigenvalue weighted by Crippen LogP contribution is 2.34. The van der Waals surface area contributed by atoms with E-state index in [4.69, 9.17) is 0 Å². The van der Waals surface area contributed by atoms with Crippen LogP contribution in [-0.4, -0.2) is 36.2 Å². The summed E-state index contributed by atoms with van der Waals surface area (Å²) in [5.41, 5.74) is 1.25. The van der Waals surface area contributed by atoms with Crippen molar-refractivity contribution in [2.75, 3.05) is 26.2 Å². The van der Waals surface area contributed by atoms with E-state index in [1.807, 2.05) is 6.08 Å². The van der Waals surface area contributed by atoms with E-state index in [0.29, 0.717) is 17.5 Å². The van der Waals surface area contributed by atoms with Gasteiger partial charge < -0.3 is 10.4 Å². The van der Waals surface area contributed by atoms with Gasteiger partial charge in [-0.15, -0.1) is 19.0 Å². The SMILES string of the molecule is C=CC[C@@H](c1cc(F)cc(C)c1O)N1CCNCC1.Cl. The molecule has 1 heterocycles. The van der Waals surface area contributed by atoms with Gasteiger partial charge in [0.15, 0.2) is 0 Å². The first-order valence-electron chi connectivity index (χ1n) is 6.68. The number of nitrogens with one attached hydrogen (secondary N) is 1. The third-order valence-electron chi connectivity index (χ3n) is 3.64. The maximum Gasteiger partial charge on any atom is 0.124 e. The van der Waals surface area contributed by atoms with E-state index >= 15 is 0 Å². The number of phenolic OH excluding ortho intramolecular Hbond substituents is 1. The lowest BCUT2D eigenvalue weighted by molar-refractivity contribution is 0.171. The second kappa shape index (κ2) is 7.62. The van der Waals surface area contributed by atoms with Crippen LogP contribution in [0, 0.1) is 12.7 Å². The molecule has 1 aliphatic rings. The maximum absolute atomic E-state index is 13.6. The van der Waals surface area contributed by atoms with Gasteiger partial charge >= 0.3 is 0 Å². The molecule has 2 N–H and O–H groups in total. The zero-order valence-electron chi connectivity index (χ0n) is 11.7. The Balaban J connectivity index is 0.00000200. The fourth-order valence-electron chi connectivity index (χ4n) is 2.64. The Labute approximate surface area is 125 Å². The van der Waals surface area contributed by atoms with Crippen LogP contribution in [0.25, 0.3) is 0 Å². The summed E-state index contributed by atoms with van der Waals surface area (Å²) in [6.45, 7) is 9.14. The second-order valence-corrected chi connectivity index (χ2v) is 4.99. The van der Waals surface area contributed by atoms with Crippen molar-refractivity contribution in [2.45, 2.75) is 19.4 Å². The number of benzene rings is 1. The first-order chi connectivity index (χ1) is 9.13. The highest BCUT2D eigenvalue weighted by atomic mass is 35.5. The minimum absolute atomic E-state index is 0. The average Bonchev–Trinajstić information content (AvgIpc) is 2.41. The topological polar surface area (TPSA) is 35.5 Å². The molecule has 112 valence electrons. The number of hydrogen-bond donors (Lipinski definition) is 2. The average molecular weight is 301 g/mol. The lowest BCUT2D eigenvalue weighted by atomic mass is 9.97. The molecule has 1 aromatic rings. The molecule has 0 radical (unpaired) electrons. The molecule has 0 saturated carbocycles. The third-order valence-corrected chi connectivity index (χ3v) is 3.64. The van der Waals surface area contributed by atoms with Gasteiger partial charge in [0, 0.05) is 37.8 Å². The first kappa shape index (κ1) is 17.0. The summed E-state index contributed by atoms with van der Waals surface area (Å²) in [4.78, 5) is 2.27. The number of halogens is 2. The molecular weight excluding hydrogens is 279 g/mol. The summed E-state index contributed by atoms with van der Waals surface area (Å²) < 4.78 is 13.6. The summed E-state index contributed by atoms with van der Waals surface area (Å²) in [7, 11) is 0. The van der Waals surface area contributed by atoms with Crippen LogP contribution in [0.5, 0.6) is 5.75 Å². The minimum atomic E-state index is -0.297. The van der Waals surface area contributed by atoms with Crippen molar-refractivity contribution in [3.63, 3.8) is 0 Å². The lowest BCUT2D eigenvalue weighted by Gasteiger charge is -2.35. The van der Waals surface area contributed by atoms with Crippen molar-refractivity contribution >= 4 is 12.4 Å². The van der Waals surface area contributed by atoms with Gasteiger partial charge in [0.25, 0.3) is 0 Å². The van der Waals surface area contributed by atoms with Gasteiger partial charge in [-0.05, 0) is 31.0 Å². The Morgan fingerprint density at radius 3 is 2.70 bits per heavy atom. The molecule has 0 aromatic heterocycles. The zero-order chi connectivity index (χ0) is 13.8. The van der Waals surface area contributed by atoms with Crippen molar-refractivity contribution in [3.8, 4) is 5.75 Å². The Morgan fingerprint density at radius 2 is 2.10 bits per heavy atom. The van der Waals surface area contributed by atoms with E-state index in [0.717, 1.165) is 26.2 Å². The van der Waals surface area contributed by atoms with Crippen LogP contribution in [-0.2, 0) is 0 Å². The smallest absolute Gasteiger partial charge is 0.124 e. The van der Waals surface area contributed by atoms with Crippen LogP contribution in [0.4, 0.5) is 4.39 Å². The van der Waals surface area contributed by atoms with E-state index in [2.05, 4.69) is 16.8 Å². The molecule has 0 bridgehead atoms. The number of rotatable bonds is 4. The molecule has 1 saturated heterocycles. The number of nitrogens with zero attached hydrogens (tertiary/aromatic N) is 1. The summed E-state index contributed by atoms with van der Waals surface area (Å²) in [5.74, 6) is -0.0960. The van der Waals surface area contributed by atoms with Gasteiger partial charge in [-0.3, -0.25) is 4.90 Å². The Hall–Kier alpha value is -1.10. The van der Waals surface area contributed by atoms with Gasteiger partial charge in [0.2, 0.25) is 0 Å². The zero-order valence-corrected chi connectivity index (χ0v) is 12.5. The highest BCUT2D eigenvalue weighted by molar-refractivity contribution is 5.85. The fourth-order valence-corrected chi connectivity index (χ4v) is 2.64. The Morgan fingerprint density at radius 1 is 1.45 bits per heavy atom. The quantitative estimate of drug-likeness (QED) is 0.839. The Bertz CT molecular complexity index is 461. The van der Waals surface area contributed by atoms with Crippen LogP contribution in [0.2, 0.25) is 0 Å². The fraction of sp³-hybridized carbons (Fsp3) is 0.467. The molecule has 5 heteroatoms. The molecule has 0 spiro atoms. The lowest BCUT2D eigenvalue weighted by Crippen LogP contribution is -2.45. The number of aromatic hydroxyl groups is 1. The molecule has 0 unspecified atom stereocenters. The van der Waals surface area contributed by atoms with Crippen molar-refractivity contribution in [3.05, 3.63) is 41.7 Å². The van der Waals surface area contributed by atoms with Gasteiger partial charge in [0.05, 0.1) is 0 Å². The predicted molar refractivity (Wildman–Crippen MR) is 82.0 cm³/mol. The molecule has 20 heavy (non-hydrogen) atoms. The number of piperazine rings is 1. The van der Waals surface area contributed by atoms with Gasteiger partial charge in [-0.2, -0.15) is 0 Å². The molecule has 1 aromatic carbocycles. The van der Waals surface area contributed by atoms with E-state index in [1.165, 1.54) is 12.1 Å². The van der Waals surface area contributed by atoms with Crippen molar-refractivity contribution in [1.29, 1.82) is 0 Å². The molecule has 0 amide bonds. The first-order valence-corrected chi connectivity index (χ1v) is 6.68. The normalized spacial score (nSPS) is 17.3. The van der Waals surface area contributed by atoms with E-state index < -0.39 is 0 Å². The Kier molecular flexibility index (Phi) is 6.46. The molecular formula is C15H22ClFN2O. The molecule has 3 nitrogen and oxygen atoms in total. The monoisotopic (exact) mass is 300 g/mol. The largest absolute Gasteiger partial charge is 0.507 e. The van der Waals surface area contributed by atoms with Crippen LogP contribution < -0.4 is 5.32 Å². The van der Waals surface area contributed by atoms with Crippen LogP contribution in [0.3, 0.4) is 0 Å². The molecule has 0 aliphatic carbocycles. The molecule has 1 atom stereocenters. The van der Waals surface area contributed by atoms with Crippen molar-refractivity contribution in [1.82, 2.24) is 10.2 Å². The summed E-state index contributed by atoms with van der Waals surface area (Å²) in [6, 6.07) is 2.80. The van der Waals surface area contributed by atoms with Gasteiger partial charge in [-0.25, -0.2) is 4.39 Å². The number of hydrogen-bond acceptors (Lipinski definition) is 3. The summed E-state index contributed by atoms with van der Waals surface area (Å²) >= 11 is 0. The molecule has 1 fully saturated rings. The summed E-state index contributed by atoms with van der Waals surface area (Å²) in [5, 5.41) is 13.5. The van der Waals surface area contributed by atoms with E-state index in [1.54, 1.807) is 6.92 Å². The van der Waals surface area contributed by atoms with Crippen molar-refractivity contribution in [2.24, 2.45) is 0 Å².